The molecule has 0 saturated carbocycles. The average Bonchev–Trinajstić information content (AvgIpc) is 3.15. The predicted octanol–water partition coefficient (Wildman–Crippen LogP) is 2.78. The maximum absolute atomic E-state index is 13.4. The molecule has 0 unspecified atom stereocenters. The Bertz CT molecular complexity index is 968. The van der Waals surface area contributed by atoms with Gasteiger partial charge in [0.25, 0.3) is 0 Å². The van der Waals surface area contributed by atoms with E-state index in [0.29, 0.717) is 23.9 Å². The molecule has 8 heteroatoms. The van der Waals surface area contributed by atoms with E-state index in [-0.39, 0.29) is 18.3 Å². The highest BCUT2D eigenvalue weighted by atomic mass is 19.1. The van der Waals surface area contributed by atoms with Crippen LogP contribution in [0.15, 0.2) is 54.7 Å². The van der Waals surface area contributed by atoms with Crippen LogP contribution >= 0.6 is 0 Å². The van der Waals surface area contributed by atoms with Crippen molar-refractivity contribution in [2.24, 2.45) is 0 Å². The van der Waals surface area contributed by atoms with Gasteiger partial charge in [0.15, 0.2) is 0 Å². The molecular weight excluding hydrogens is 385 g/mol. The van der Waals surface area contributed by atoms with Gasteiger partial charge < -0.3 is 15.0 Å². The predicted molar refractivity (Wildman–Crippen MR) is 116 cm³/mol. The monoisotopic (exact) mass is 411 g/mol. The minimum Gasteiger partial charge on any atom is -0.497 e. The number of halogens is 1. The van der Waals surface area contributed by atoms with E-state index < -0.39 is 0 Å². The minimum atomic E-state index is -0.329. The van der Waals surface area contributed by atoms with E-state index in [1.807, 2.05) is 49.5 Å². The average molecular weight is 411 g/mol. The van der Waals surface area contributed by atoms with E-state index >= 15 is 0 Å². The Kier molecular flexibility index (Phi) is 7.16. The third-order valence-electron chi connectivity index (χ3n) is 4.47. The summed E-state index contributed by atoms with van der Waals surface area (Å²) >= 11 is 0. The number of ether oxygens (including phenoxy) is 1. The number of methoxy groups -OCH3 is 1. The summed E-state index contributed by atoms with van der Waals surface area (Å²) in [4.78, 5) is 19.0. The number of nitrogens with zero attached hydrogens (tertiary/aromatic N) is 3. The van der Waals surface area contributed by atoms with Crippen molar-refractivity contribution in [1.29, 1.82) is 0 Å². The van der Waals surface area contributed by atoms with E-state index in [1.54, 1.807) is 23.8 Å². The lowest BCUT2D eigenvalue weighted by atomic mass is 10.1. The number of aromatic nitrogens is 2. The molecule has 1 aromatic heterocycles. The molecule has 2 aromatic carbocycles. The van der Waals surface area contributed by atoms with Gasteiger partial charge in [0.2, 0.25) is 11.9 Å². The van der Waals surface area contributed by atoms with Gasteiger partial charge in [-0.2, -0.15) is 0 Å². The van der Waals surface area contributed by atoms with Gasteiger partial charge >= 0.3 is 0 Å². The van der Waals surface area contributed by atoms with Crippen molar-refractivity contribution in [1.82, 2.24) is 19.8 Å². The maximum atomic E-state index is 13.4. The van der Waals surface area contributed by atoms with Crippen LogP contribution in [0.2, 0.25) is 0 Å². The van der Waals surface area contributed by atoms with Crippen LogP contribution in [0.3, 0.4) is 0 Å². The summed E-state index contributed by atoms with van der Waals surface area (Å²) in [6.07, 6.45) is 1.81. The number of imidazole rings is 1. The fourth-order valence-corrected chi connectivity index (χ4v) is 2.84. The summed E-state index contributed by atoms with van der Waals surface area (Å²) in [5.74, 6) is 0.579. The molecule has 0 atom stereocenters. The number of benzene rings is 2. The smallest absolute Gasteiger partial charge is 0.240 e. The topological polar surface area (TPSA) is 71.4 Å². The Morgan fingerprint density at radius 3 is 2.47 bits per heavy atom. The van der Waals surface area contributed by atoms with Gasteiger partial charge in [0, 0.05) is 30.5 Å². The third kappa shape index (κ3) is 5.65. The number of likely N-dealkylation sites (N-methyl/N-ethyl adjacent to an activating group) is 1. The van der Waals surface area contributed by atoms with E-state index in [2.05, 4.69) is 15.6 Å². The van der Waals surface area contributed by atoms with Crippen molar-refractivity contribution in [3.63, 3.8) is 0 Å². The van der Waals surface area contributed by atoms with Gasteiger partial charge in [-0.15, -0.1) is 0 Å². The molecule has 30 heavy (non-hydrogen) atoms. The molecule has 7 nitrogen and oxygen atoms in total. The molecule has 0 saturated heterocycles. The standard InChI is InChI=1S/C22H26FN5O2/c1-27(2)13-12-24-14-21(29)26-22-25-20(16-4-10-19(30-3)11-5-16)15-28(22)18-8-6-17(23)7-9-18/h4-11,15,24H,12-14H2,1-3H3,(H,25,26,29). The number of anilines is 1. The highest BCUT2D eigenvalue weighted by Gasteiger charge is 2.14. The van der Waals surface area contributed by atoms with E-state index in [9.17, 15) is 9.18 Å². The Balaban J connectivity index is 1.83. The van der Waals surface area contributed by atoms with Gasteiger partial charge in [0.05, 0.1) is 19.3 Å². The second kappa shape index (κ2) is 10.00. The molecule has 1 heterocycles. The zero-order valence-electron chi connectivity index (χ0n) is 17.4. The fraction of sp³-hybridized carbons (Fsp3) is 0.273. The quantitative estimate of drug-likeness (QED) is 0.530. The zero-order valence-corrected chi connectivity index (χ0v) is 17.4. The van der Waals surface area contributed by atoms with Gasteiger partial charge in [-0.05, 0) is 62.6 Å². The zero-order chi connectivity index (χ0) is 21.5. The lowest BCUT2D eigenvalue weighted by molar-refractivity contribution is -0.115. The van der Waals surface area contributed by atoms with Crippen molar-refractivity contribution in [2.45, 2.75) is 0 Å². The normalized spacial score (nSPS) is 11.0. The molecule has 3 aromatic rings. The first-order valence-corrected chi connectivity index (χ1v) is 9.61. The second-order valence-electron chi connectivity index (χ2n) is 7.05. The van der Waals surface area contributed by atoms with Crippen LogP contribution < -0.4 is 15.4 Å². The van der Waals surface area contributed by atoms with E-state index in [4.69, 9.17) is 4.74 Å². The first kappa shape index (κ1) is 21.5. The lowest BCUT2D eigenvalue weighted by Gasteiger charge is -2.11. The SMILES string of the molecule is COc1ccc(-c2cn(-c3ccc(F)cc3)c(NC(=O)CNCCN(C)C)n2)cc1. The number of rotatable bonds is 9. The first-order valence-electron chi connectivity index (χ1n) is 9.61. The second-order valence-corrected chi connectivity index (χ2v) is 7.05. The van der Waals surface area contributed by atoms with Crippen LogP contribution in [0.25, 0.3) is 16.9 Å². The maximum Gasteiger partial charge on any atom is 0.240 e. The molecule has 0 bridgehead atoms. The van der Waals surface area contributed by atoms with Gasteiger partial charge in [-0.1, -0.05) is 0 Å². The molecule has 158 valence electrons. The highest BCUT2D eigenvalue weighted by molar-refractivity contribution is 5.91. The Morgan fingerprint density at radius 2 is 1.83 bits per heavy atom. The van der Waals surface area contributed by atoms with Crippen LogP contribution in [0, 0.1) is 5.82 Å². The van der Waals surface area contributed by atoms with Crippen LogP contribution in [0.5, 0.6) is 5.75 Å². The molecule has 2 N–H and O–H groups in total. The van der Waals surface area contributed by atoms with Crippen molar-refractivity contribution in [3.8, 4) is 22.7 Å². The number of hydrogen-bond donors (Lipinski definition) is 2. The van der Waals surface area contributed by atoms with Crippen molar-refractivity contribution in [3.05, 3.63) is 60.5 Å². The lowest BCUT2D eigenvalue weighted by Crippen LogP contribution is -2.33. The summed E-state index contributed by atoms with van der Waals surface area (Å²) < 4.78 is 20.3. The minimum absolute atomic E-state index is 0.169. The van der Waals surface area contributed by atoms with Crippen molar-refractivity contribution < 1.29 is 13.9 Å². The van der Waals surface area contributed by atoms with Crippen LogP contribution in [0.1, 0.15) is 0 Å². The summed E-state index contributed by atoms with van der Waals surface area (Å²) in [6, 6.07) is 13.5. The summed E-state index contributed by atoms with van der Waals surface area (Å²) in [5.41, 5.74) is 2.24. The number of carbonyl (C=O) groups is 1. The Labute approximate surface area is 175 Å². The largest absolute Gasteiger partial charge is 0.497 e. The third-order valence-corrected chi connectivity index (χ3v) is 4.47. The van der Waals surface area contributed by atoms with Gasteiger partial charge in [0.1, 0.15) is 11.6 Å². The number of amides is 1. The summed E-state index contributed by atoms with van der Waals surface area (Å²) in [6.45, 7) is 1.70. The van der Waals surface area contributed by atoms with Crippen LogP contribution in [-0.4, -0.2) is 61.2 Å². The Morgan fingerprint density at radius 1 is 1.13 bits per heavy atom. The molecule has 3 rings (SSSR count). The molecule has 0 fully saturated rings. The first-order chi connectivity index (χ1) is 14.5. The summed E-state index contributed by atoms with van der Waals surface area (Å²) in [5, 5.41) is 5.94. The van der Waals surface area contributed by atoms with E-state index in [0.717, 1.165) is 17.9 Å². The van der Waals surface area contributed by atoms with Crippen LogP contribution in [0.4, 0.5) is 10.3 Å². The van der Waals surface area contributed by atoms with Crippen molar-refractivity contribution >= 4 is 11.9 Å². The molecule has 0 aliphatic carbocycles. The van der Waals surface area contributed by atoms with Crippen molar-refractivity contribution in [2.75, 3.05) is 46.2 Å². The van der Waals surface area contributed by atoms with E-state index in [1.165, 1.54) is 12.1 Å². The Hall–Kier alpha value is -3.23. The van der Waals surface area contributed by atoms with Crippen LogP contribution in [-0.2, 0) is 4.79 Å². The van der Waals surface area contributed by atoms with Gasteiger partial charge in [-0.25, -0.2) is 9.37 Å². The molecule has 0 aliphatic rings. The molecule has 0 spiro atoms. The number of carbonyl (C=O) groups excluding carboxylic acids is 1. The van der Waals surface area contributed by atoms with Gasteiger partial charge in [-0.3, -0.25) is 14.7 Å². The molecule has 0 radical (unpaired) electrons. The summed E-state index contributed by atoms with van der Waals surface area (Å²) in [7, 11) is 5.56. The number of nitrogens with one attached hydrogen (secondary N) is 2. The molecular formula is C22H26FN5O2. The fourth-order valence-electron chi connectivity index (χ4n) is 2.84. The highest BCUT2D eigenvalue weighted by Crippen LogP contribution is 2.26. The molecule has 0 aliphatic heterocycles. The number of hydrogen-bond acceptors (Lipinski definition) is 5. The molecule has 1 amide bonds.